The maximum absolute atomic E-state index is 12.6. The van der Waals surface area contributed by atoms with Gasteiger partial charge in [-0.25, -0.2) is 5.43 Å². The molecule has 0 saturated carbocycles. The Labute approximate surface area is 151 Å². The number of hydrogen-bond donors (Lipinski definition) is 1. The lowest BCUT2D eigenvalue weighted by molar-refractivity contribution is -0.125. The normalized spacial score (nSPS) is 20.8. The van der Waals surface area contributed by atoms with Crippen LogP contribution in [0.1, 0.15) is 36.1 Å². The molecule has 124 valence electrons. The second-order valence-electron chi connectivity index (χ2n) is 6.00. The van der Waals surface area contributed by atoms with E-state index in [0.717, 1.165) is 23.3 Å². The molecule has 2 aromatic rings. The van der Waals surface area contributed by atoms with Gasteiger partial charge in [0, 0.05) is 9.90 Å². The van der Waals surface area contributed by atoms with E-state index in [1.165, 1.54) is 5.57 Å². The predicted octanol–water partition coefficient (Wildman–Crippen LogP) is 4.99. The molecule has 0 aliphatic heterocycles. The fourth-order valence-electron chi connectivity index (χ4n) is 3.02. The van der Waals surface area contributed by atoms with Gasteiger partial charge >= 0.3 is 0 Å². The lowest BCUT2D eigenvalue weighted by Crippen LogP contribution is -2.32. The van der Waals surface area contributed by atoms with Crippen molar-refractivity contribution in [3.8, 4) is 0 Å². The van der Waals surface area contributed by atoms with Crippen molar-refractivity contribution >= 4 is 35.1 Å². The predicted molar refractivity (Wildman–Crippen MR) is 101 cm³/mol. The third-order valence-corrected chi connectivity index (χ3v) is 5.35. The van der Waals surface area contributed by atoms with Crippen LogP contribution in [0.5, 0.6) is 0 Å². The maximum Gasteiger partial charge on any atom is 0.244 e. The van der Waals surface area contributed by atoms with Gasteiger partial charge in [-0.05, 0) is 54.8 Å². The highest BCUT2D eigenvalue weighted by Gasteiger charge is 2.31. The summed E-state index contributed by atoms with van der Waals surface area (Å²) in [5.41, 5.74) is 5.17. The lowest BCUT2D eigenvalue weighted by atomic mass is 9.75. The minimum Gasteiger partial charge on any atom is -0.273 e. The molecule has 1 amide bonds. The zero-order valence-electron chi connectivity index (χ0n) is 13.4. The zero-order chi connectivity index (χ0) is 16.9. The third kappa shape index (κ3) is 4.13. The molecule has 0 saturated heterocycles. The van der Waals surface area contributed by atoms with Crippen molar-refractivity contribution in [2.75, 3.05) is 0 Å². The van der Waals surface area contributed by atoms with E-state index in [0.29, 0.717) is 5.02 Å². The van der Waals surface area contributed by atoms with E-state index < -0.39 is 0 Å². The van der Waals surface area contributed by atoms with Gasteiger partial charge in [-0.1, -0.05) is 41.4 Å². The van der Waals surface area contributed by atoms with Gasteiger partial charge in [-0.2, -0.15) is 5.10 Å². The van der Waals surface area contributed by atoms with E-state index in [1.54, 1.807) is 17.6 Å². The van der Waals surface area contributed by atoms with Gasteiger partial charge in [-0.3, -0.25) is 4.79 Å². The number of nitrogens with zero attached hydrogens (tertiary/aromatic N) is 1. The largest absolute Gasteiger partial charge is 0.273 e. The van der Waals surface area contributed by atoms with E-state index >= 15 is 0 Å². The Kier molecular flexibility index (Phi) is 5.48. The van der Waals surface area contributed by atoms with Crippen LogP contribution in [-0.2, 0) is 4.79 Å². The molecular formula is C19H19ClN2OS. The third-order valence-electron chi connectivity index (χ3n) is 4.29. The monoisotopic (exact) mass is 358 g/mol. The van der Waals surface area contributed by atoms with Crippen LogP contribution in [0.4, 0.5) is 0 Å². The summed E-state index contributed by atoms with van der Waals surface area (Å²) < 4.78 is 0. The number of carbonyl (C=O) groups is 1. The first-order valence-electron chi connectivity index (χ1n) is 7.91. The Hall–Kier alpha value is -1.91. The minimum absolute atomic E-state index is 0.0356. The number of benzene rings is 1. The highest BCUT2D eigenvalue weighted by Crippen LogP contribution is 2.38. The number of rotatable bonds is 4. The summed E-state index contributed by atoms with van der Waals surface area (Å²) in [5, 5.41) is 6.79. The van der Waals surface area contributed by atoms with Crippen LogP contribution in [0.3, 0.4) is 0 Å². The molecule has 3 nitrogen and oxygen atoms in total. The number of halogens is 1. The molecule has 5 heteroatoms. The summed E-state index contributed by atoms with van der Waals surface area (Å²) in [7, 11) is 0. The Morgan fingerprint density at radius 3 is 2.83 bits per heavy atom. The van der Waals surface area contributed by atoms with Crippen molar-refractivity contribution in [2.24, 2.45) is 11.0 Å². The smallest absolute Gasteiger partial charge is 0.244 e. The molecule has 2 atom stereocenters. The van der Waals surface area contributed by atoms with Crippen LogP contribution < -0.4 is 5.43 Å². The maximum atomic E-state index is 12.6. The quantitative estimate of drug-likeness (QED) is 0.467. The first-order valence-corrected chi connectivity index (χ1v) is 9.17. The Morgan fingerprint density at radius 2 is 2.12 bits per heavy atom. The van der Waals surface area contributed by atoms with E-state index in [2.05, 4.69) is 23.5 Å². The fraction of sp³-hybridized carbons (Fsp3) is 0.263. The van der Waals surface area contributed by atoms with Crippen LogP contribution in [0.15, 0.2) is 58.5 Å². The molecule has 0 bridgehead atoms. The Balaban J connectivity index is 1.73. The van der Waals surface area contributed by atoms with E-state index in [1.807, 2.05) is 41.8 Å². The van der Waals surface area contributed by atoms with Crippen molar-refractivity contribution in [2.45, 2.75) is 25.7 Å². The van der Waals surface area contributed by atoms with Gasteiger partial charge in [0.2, 0.25) is 5.91 Å². The summed E-state index contributed by atoms with van der Waals surface area (Å²) in [5.74, 6) is 0.00562. The summed E-state index contributed by atoms with van der Waals surface area (Å²) in [4.78, 5) is 13.6. The number of nitrogens with one attached hydrogen (secondary N) is 1. The van der Waals surface area contributed by atoms with Gasteiger partial charge in [0.25, 0.3) is 0 Å². The number of thiophene rings is 1. The van der Waals surface area contributed by atoms with E-state index in [9.17, 15) is 4.79 Å². The Morgan fingerprint density at radius 1 is 1.33 bits per heavy atom. The average Bonchev–Trinajstić information content (AvgIpc) is 3.09. The van der Waals surface area contributed by atoms with Crippen molar-refractivity contribution < 1.29 is 4.79 Å². The molecule has 1 aromatic carbocycles. The second-order valence-corrected chi connectivity index (χ2v) is 7.42. The number of allylic oxidation sites excluding steroid dienone is 2. The molecule has 3 rings (SSSR count). The lowest BCUT2D eigenvalue weighted by Gasteiger charge is -2.29. The highest BCUT2D eigenvalue weighted by molar-refractivity contribution is 7.11. The van der Waals surface area contributed by atoms with Gasteiger partial charge in [0.15, 0.2) is 0 Å². The topological polar surface area (TPSA) is 41.5 Å². The zero-order valence-corrected chi connectivity index (χ0v) is 15.0. The standard InChI is InChI=1S/C19H19ClN2OS/c1-13-4-9-17(18(11-13)14-5-7-15(20)8-6-14)19(23)22-21-12-16-3-2-10-24-16/h2-8,10,12,17-18H,9,11H2,1H3,(H,22,23)/b21-12-/t17-,18+/m1/s1. The Bertz CT molecular complexity index is 750. The van der Waals surface area contributed by atoms with E-state index in [-0.39, 0.29) is 17.7 Å². The van der Waals surface area contributed by atoms with Gasteiger partial charge < -0.3 is 0 Å². The summed E-state index contributed by atoms with van der Waals surface area (Å²) in [6.45, 7) is 2.12. The minimum atomic E-state index is -0.115. The number of hydrazone groups is 1. The molecule has 0 unspecified atom stereocenters. The number of carbonyl (C=O) groups excluding carboxylic acids is 1. The van der Waals surface area contributed by atoms with Crippen LogP contribution in [-0.4, -0.2) is 12.1 Å². The second kappa shape index (κ2) is 7.77. The number of amides is 1. The molecular weight excluding hydrogens is 340 g/mol. The van der Waals surface area contributed by atoms with Crippen LogP contribution in [0, 0.1) is 5.92 Å². The fourth-order valence-corrected chi connectivity index (χ4v) is 3.73. The molecule has 1 aliphatic rings. The van der Waals surface area contributed by atoms with Crippen molar-refractivity contribution in [1.82, 2.24) is 5.43 Å². The van der Waals surface area contributed by atoms with Gasteiger partial charge in [-0.15, -0.1) is 11.3 Å². The van der Waals surface area contributed by atoms with Gasteiger partial charge in [0.1, 0.15) is 0 Å². The first kappa shape index (κ1) is 16.9. The van der Waals surface area contributed by atoms with Crippen LogP contribution in [0.2, 0.25) is 5.02 Å². The molecule has 0 spiro atoms. The molecule has 0 fully saturated rings. The first-order chi connectivity index (χ1) is 11.6. The molecule has 0 radical (unpaired) electrons. The summed E-state index contributed by atoms with van der Waals surface area (Å²) in [6, 6.07) is 11.7. The molecule has 1 aliphatic carbocycles. The van der Waals surface area contributed by atoms with E-state index in [4.69, 9.17) is 11.6 Å². The van der Waals surface area contributed by atoms with Crippen molar-refractivity contribution in [3.63, 3.8) is 0 Å². The van der Waals surface area contributed by atoms with Crippen LogP contribution >= 0.6 is 22.9 Å². The average molecular weight is 359 g/mol. The van der Waals surface area contributed by atoms with Gasteiger partial charge in [0.05, 0.1) is 12.1 Å². The molecule has 1 heterocycles. The SMILES string of the molecule is CC1=CC[C@@H](C(=O)N/N=C\c2cccs2)[C@H](c2ccc(Cl)cc2)C1. The van der Waals surface area contributed by atoms with Crippen LogP contribution in [0.25, 0.3) is 0 Å². The van der Waals surface area contributed by atoms with Crippen molar-refractivity contribution in [1.29, 1.82) is 0 Å². The summed E-state index contributed by atoms with van der Waals surface area (Å²) >= 11 is 7.57. The highest BCUT2D eigenvalue weighted by atomic mass is 35.5. The molecule has 1 aromatic heterocycles. The molecule has 1 N–H and O–H groups in total. The van der Waals surface area contributed by atoms with Crippen molar-refractivity contribution in [3.05, 3.63) is 68.9 Å². The summed E-state index contributed by atoms with van der Waals surface area (Å²) in [6.07, 6.45) is 5.46. The molecule has 24 heavy (non-hydrogen) atoms. The number of hydrogen-bond acceptors (Lipinski definition) is 3.